The van der Waals surface area contributed by atoms with Gasteiger partial charge in [0.25, 0.3) is 0 Å². The molecule has 2 rings (SSSR count). The topological polar surface area (TPSA) is 86.2 Å². The van der Waals surface area contributed by atoms with Gasteiger partial charge in [0.2, 0.25) is 0 Å². The van der Waals surface area contributed by atoms with Gasteiger partial charge in [-0.25, -0.2) is 8.42 Å². The third kappa shape index (κ3) is 5.48. The minimum Gasteiger partial charge on any atom is -0.323 e. The van der Waals surface area contributed by atoms with Crippen LogP contribution in [0.25, 0.3) is 0 Å². The zero-order valence-electron chi connectivity index (χ0n) is 12.3. The van der Waals surface area contributed by atoms with E-state index in [0.29, 0.717) is 21.2 Å². The van der Waals surface area contributed by atoms with E-state index in [2.05, 4.69) is 0 Å². The number of rotatable bonds is 6. The maximum Gasteiger partial charge on any atom is 0.154 e. The highest BCUT2D eigenvalue weighted by atomic mass is 35.5. The lowest BCUT2D eigenvalue weighted by atomic mass is 10.1. The van der Waals surface area contributed by atoms with E-state index in [1.54, 1.807) is 48.5 Å². The molecule has 124 valence electrons. The average molecular weight is 373 g/mol. The largest absolute Gasteiger partial charge is 0.323 e. The molecule has 0 aliphatic rings. The molecule has 2 unspecified atom stereocenters. The standard InChI is InChI=1S/C16H18Cl2N2O2S/c17-13-5-1-3-11(7-13)15(19)9-23(21,22)10-16(20)12-4-2-6-14(18)8-12/h1-8,15-16H,9-10,19-20H2. The second kappa shape index (κ2) is 7.64. The van der Waals surface area contributed by atoms with Crippen LogP contribution in [0.2, 0.25) is 10.0 Å². The van der Waals surface area contributed by atoms with Gasteiger partial charge < -0.3 is 11.5 Å². The molecule has 0 aliphatic carbocycles. The van der Waals surface area contributed by atoms with Crippen molar-refractivity contribution < 1.29 is 8.42 Å². The SMILES string of the molecule is NC(CS(=O)(=O)CC(N)c1cccc(Cl)c1)c1cccc(Cl)c1. The Balaban J connectivity index is 2.07. The molecule has 23 heavy (non-hydrogen) atoms. The van der Waals surface area contributed by atoms with E-state index >= 15 is 0 Å². The first-order chi connectivity index (χ1) is 10.8. The van der Waals surface area contributed by atoms with E-state index in [1.807, 2.05) is 0 Å². The second-order valence-electron chi connectivity index (χ2n) is 5.40. The maximum atomic E-state index is 12.3. The number of sulfone groups is 1. The highest BCUT2D eigenvalue weighted by molar-refractivity contribution is 7.91. The monoisotopic (exact) mass is 372 g/mol. The van der Waals surface area contributed by atoms with Crippen LogP contribution >= 0.6 is 23.2 Å². The van der Waals surface area contributed by atoms with Crippen LogP contribution in [-0.2, 0) is 9.84 Å². The van der Waals surface area contributed by atoms with Crippen molar-refractivity contribution in [2.24, 2.45) is 11.5 Å². The molecule has 2 aromatic carbocycles. The first-order valence-electron chi connectivity index (χ1n) is 6.99. The molecule has 0 fully saturated rings. The Morgan fingerprint density at radius 3 is 1.57 bits per heavy atom. The number of nitrogens with two attached hydrogens (primary N) is 2. The Bertz CT molecular complexity index is 722. The number of benzene rings is 2. The van der Waals surface area contributed by atoms with Crippen LogP contribution in [0.1, 0.15) is 23.2 Å². The molecule has 0 spiro atoms. The molecule has 4 N–H and O–H groups in total. The summed E-state index contributed by atoms with van der Waals surface area (Å²) in [7, 11) is -3.44. The molecule has 0 aromatic heterocycles. The molecule has 0 saturated carbocycles. The van der Waals surface area contributed by atoms with E-state index in [0.717, 1.165) is 0 Å². The Kier molecular flexibility index (Phi) is 6.06. The summed E-state index contributed by atoms with van der Waals surface area (Å²) in [6, 6.07) is 12.4. The fraction of sp³-hybridized carbons (Fsp3) is 0.250. The van der Waals surface area contributed by atoms with Crippen LogP contribution in [0.3, 0.4) is 0 Å². The number of hydrogen-bond donors (Lipinski definition) is 2. The molecule has 2 atom stereocenters. The molecule has 0 amide bonds. The lowest BCUT2D eigenvalue weighted by Gasteiger charge is -2.16. The smallest absolute Gasteiger partial charge is 0.154 e. The maximum absolute atomic E-state index is 12.3. The minimum atomic E-state index is -3.44. The summed E-state index contributed by atoms with van der Waals surface area (Å²) in [5.41, 5.74) is 13.3. The molecule has 0 radical (unpaired) electrons. The lowest BCUT2D eigenvalue weighted by Crippen LogP contribution is -2.28. The van der Waals surface area contributed by atoms with Crippen molar-refractivity contribution in [1.29, 1.82) is 0 Å². The average Bonchev–Trinajstić information content (AvgIpc) is 2.46. The van der Waals surface area contributed by atoms with Crippen molar-refractivity contribution in [1.82, 2.24) is 0 Å². The van der Waals surface area contributed by atoms with Gasteiger partial charge in [-0.15, -0.1) is 0 Å². The third-order valence-electron chi connectivity index (χ3n) is 3.42. The zero-order chi connectivity index (χ0) is 17.0. The molecular weight excluding hydrogens is 355 g/mol. The van der Waals surface area contributed by atoms with Crippen LogP contribution in [0.4, 0.5) is 0 Å². The van der Waals surface area contributed by atoms with Crippen LogP contribution in [0.15, 0.2) is 48.5 Å². The van der Waals surface area contributed by atoms with Gasteiger partial charge in [-0.2, -0.15) is 0 Å². The van der Waals surface area contributed by atoms with Crippen molar-refractivity contribution >= 4 is 33.0 Å². The van der Waals surface area contributed by atoms with Gasteiger partial charge >= 0.3 is 0 Å². The predicted octanol–water partition coefficient (Wildman–Crippen LogP) is 3.11. The van der Waals surface area contributed by atoms with Gasteiger partial charge in [-0.3, -0.25) is 0 Å². The summed E-state index contributed by atoms with van der Waals surface area (Å²) in [5.74, 6) is -0.386. The molecular formula is C16H18Cl2N2O2S. The summed E-state index contributed by atoms with van der Waals surface area (Å²) >= 11 is 11.8. The molecule has 0 aliphatic heterocycles. The molecule has 0 heterocycles. The molecule has 0 bridgehead atoms. The second-order valence-corrected chi connectivity index (χ2v) is 8.43. The molecule has 0 saturated heterocycles. The predicted molar refractivity (Wildman–Crippen MR) is 95.4 cm³/mol. The summed E-state index contributed by atoms with van der Waals surface area (Å²) in [5, 5.41) is 1.04. The number of hydrogen-bond acceptors (Lipinski definition) is 4. The van der Waals surface area contributed by atoms with E-state index < -0.39 is 21.9 Å². The Morgan fingerprint density at radius 1 is 0.826 bits per heavy atom. The van der Waals surface area contributed by atoms with Gasteiger partial charge in [0, 0.05) is 22.1 Å². The van der Waals surface area contributed by atoms with Gasteiger partial charge in [0.1, 0.15) is 0 Å². The van der Waals surface area contributed by atoms with Gasteiger partial charge in [0.05, 0.1) is 11.5 Å². The van der Waals surface area contributed by atoms with E-state index in [4.69, 9.17) is 34.7 Å². The van der Waals surface area contributed by atoms with Crippen LogP contribution in [0, 0.1) is 0 Å². The lowest BCUT2D eigenvalue weighted by molar-refractivity contribution is 0.582. The normalized spacial score (nSPS) is 14.4. The zero-order valence-corrected chi connectivity index (χ0v) is 14.7. The summed E-state index contributed by atoms with van der Waals surface area (Å²) in [4.78, 5) is 0. The summed E-state index contributed by atoms with van der Waals surface area (Å²) in [6.45, 7) is 0. The highest BCUT2D eigenvalue weighted by Gasteiger charge is 2.22. The quantitative estimate of drug-likeness (QED) is 0.815. The van der Waals surface area contributed by atoms with Gasteiger partial charge in [-0.1, -0.05) is 47.5 Å². The fourth-order valence-corrected chi connectivity index (χ4v) is 4.29. The molecule has 7 heteroatoms. The van der Waals surface area contributed by atoms with E-state index in [-0.39, 0.29) is 11.5 Å². The first kappa shape index (κ1) is 18.2. The highest BCUT2D eigenvalue weighted by Crippen LogP contribution is 2.21. The van der Waals surface area contributed by atoms with Crippen molar-refractivity contribution in [3.05, 3.63) is 69.7 Å². The van der Waals surface area contributed by atoms with Crippen LogP contribution in [0.5, 0.6) is 0 Å². The van der Waals surface area contributed by atoms with Gasteiger partial charge in [-0.05, 0) is 35.4 Å². The first-order valence-corrected chi connectivity index (χ1v) is 9.57. The Morgan fingerprint density at radius 2 is 1.22 bits per heavy atom. The fourth-order valence-electron chi connectivity index (χ4n) is 2.28. The molecule has 4 nitrogen and oxygen atoms in total. The van der Waals surface area contributed by atoms with Gasteiger partial charge in [0.15, 0.2) is 9.84 Å². The number of halogens is 2. The third-order valence-corrected chi connectivity index (χ3v) is 5.62. The molecule has 2 aromatic rings. The van der Waals surface area contributed by atoms with Crippen molar-refractivity contribution in [3.8, 4) is 0 Å². The Hall–Kier alpha value is -1.11. The summed E-state index contributed by atoms with van der Waals surface area (Å²) in [6.07, 6.45) is 0. The summed E-state index contributed by atoms with van der Waals surface area (Å²) < 4.78 is 24.7. The minimum absolute atomic E-state index is 0.193. The van der Waals surface area contributed by atoms with Crippen molar-refractivity contribution in [3.63, 3.8) is 0 Å². The Labute approximate surface area is 146 Å². The van der Waals surface area contributed by atoms with Crippen molar-refractivity contribution in [2.45, 2.75) is 12.1 Å². The van der Waals surface area contributed by atoms with Crippen LogP contribution < -0.4 is 11.5 Å². The van der Waals surface area contributed by atoms with E-state index in [1.165, 1.54) is 0 Å². The van der Waals surface area contributed by atoms with E-state index in [9.17, 15) is 8.42 Å². The van der Waals surface area contributed by atoms with Crippen LogP contribution in [-0.4, -0.2) is 19.9 Å². The van der Waals surface area contributed by atoms with Crippen molar-refractivity contribution in [2.75, 3.05) is 11.5 Å².